The molecule has 0 aromatic heterocycles. The number of carbonyl (C=O) groups excluding carboxylic acids is 2. The van der Waals surface area contributed by atoms with Crippen LogP contribution in [0.2, 0.25) is 5.02 Å². The fourth-order valence-corrected chi connectivity index (χ4v) is 3.15. The normalized spacial score (nSPS) is 16.2. The van der Waals surface area contributed by atoms with E-state index < -0.39 is 12.0 Å². The SMILES string of the molecule is Cc1ccc(Cl)cc1NC(=O)C[C@H]([NH2+]CCC[NH+]1CCOCC1)C(=O)[O-]. The third-order valence-corrected chi connectivity index (χ3v) is 4.80. The maximum Gasteiger partial charge on any atom is 0.230 e. The van der Waals surface area contributed by atoms with Crippen LogP contribution in [0.25, 0.3) is 0 Å². The van der Waals surface area contributed by atoms with Gasteiger partial charge in [0.05, 0.1) is 38.7 Å². The molecule has 0 spiro atoms. The molecule has 144 valence electrons. The lowest BCUT2D eigenvalue weighted by atomic mass is 10.1. The molecule has 1 fully saturated rings. The molecule has 1 aliphatic rings. The highest BCUT2D eigenvalue weighted by molar-refractivity contribution is 6.31. The Kier molecular flexibility index (Phi) is 8.31. The number of aliphatic carboxylic acids is 1. The standard InChI is InChI=1S/C18H26ClN3O4/c1-13-3-4-14(19)11-15(13)21-17(23)12-16(18(24)25)20-5-2-6-22-7-9-26-10-8-22/h3-4,11,16,20H,2,5-10,12H2,1H3,(H,21,23)(H,24,25)/p+1/t16-/m0/s1. The Hall–Kier alpha value is -1.67. The summed E-state index contributed by atoms with van der Waals surface area (Å²) in [4.78, 5) is 25.0. The number of amides is 1. The number of nitrogens with two attached hydrogens (primary N) is 1. The molecule has 0 unspecified atom stereocenters. The Bertz CT molecular complexity index is 620. The van der Waals surface area contributed by atoms with Crippen molar-refractivity contribution in [3.63, 3.8) is 0 Å². The summed E-state index contributed by atoms with van der Waals surface area (Å²) in [7, 11) is 0. The van der Waals surface area contributed by atoms with Gasteiger partial charge in [-0.05, 0) is 24.6 Å². The number of carboxylic acids is 1. The van der Waals surface area contributed by atoms with Gasteiger partial charge in [-0.1, -0.05) is 17.7 Å². The zero-order valence-corrected chi connectivity index (χ0v) is 15.8. The van der Waals surface area contributed by atoms with Gasteiger partial charge < -0.3 is 30.2 Å². The molecule has 26 heavy (non-hydrogen) atoms. The van der Waals surface area contributed by atoms with Crippen LogP contribution in [-0.2, 0) is 14.3 Å². The molecule has 1 atom stereocenters. The monoisotopic (exact) mass is 384 g/mol. The molecule has 7 nitrogen and oxygen atoms in total. The molecule has 1 amide bonds. The minimum Gasteiger partial charge on any atom is -0.544 e. The van der Waals surface area contributed by atoms with Crippen LogP contribution >= 0.6 is 11.6 Å². The van der Waals surface area contributed by atoms with E-state index in [1.165, 1.54) is 4.90 Å². The largest absolute Gasteiger partial charge is 0.544 e. The van der Waals surface area contributed by atoms with Gasteiger partial charge in [-0.2, -0.15) is 0 Å². The van der Waals surface area contributed by atoms with Crippen molar-refractivity contribution in [2.45, 2.75) is 25.8 Å². The van der Waals surface area contributed by atoms with Crippen molar-refractivity contribution < 1.29 is 29.6 Å². The highest BCUT2D eigenvalue weighted by atomic mass is 35.5. The summed E-state index contributed by atoms with van der Waals surface area (Å²) in [5, 5.41) is 16.3. The number of halogens is 1. The Morgan fingerprint density at radius 3 is 2.81 bits per heavy atom. The second-order valence-corrected chi connectivity index (χ2v) is 7.06. The Balaban J connectivity index is 1.76. The molecular formula is C18H27ClN3O4+. The van der Waals surface area contributed by atoms with E-state index in [9.17, 15) is 14.7 Å². The van der Waals surface area contributed by atoms with Gasteiger partial charge >= 0.3 is 0 Å². The molecule has 1 saturated heterocycles. The number of aryl methyl sites for hydroxylation is 1. The van der Waals surface area contributed by atoms with E-state index in [2.05, 4.69) is 5.32 Å². The van der Waals surface area contributed by atoms with Gasteiger partial charge in [0, 0.05) is 17.1 Å². The average Bonchev–Trinajstić information content (AvgIpc) is 2.61. The Morgan fingerprint density at radius 1 is 1.38 bits per heavy atom. The first-order chi connectivity index (χ1) is 12.5. The molecule has 1 heterocycles. The van der Waals surface area contributed by atoms with E-state index in [0.717, 1.165) is 44.8 Å². The number of carboxylic acid groups (broad SMARTS) is 1. The minimum absolute atomic E-state index is 0.140. The number of benzene rings is 1. The Morgan fingerprint density at radius 2 is 2.12 bits per heavy atom. The van der Waals surface area contributed by atoms with Gasteiger partial charge in [-0.25, -0.2) is 0 Å². The van der Waals surface area contributed by atoms with E-state index in [-0.39, 0.29) is 12.3 Å². The molecule has 8 heteroatoms. The van der Waals surface area contributed by atoms with Crippen molar-refractivity contribution in [3.05, 3.63) is 28.8 Å². The summed E-state index contributed by atoms with van der Waals surface area (Å²) in [5.41, 5.74) is 1.46. The van der Waals surface area contributed by atoms with Crippen LogP contribution < -0.4 is 20.6 Å². The van der Waals surface area contributed by atoms with E-state index >= 15 is 0 Å². The third-order valence-electron chi connectivity index (χ3n) is 4.57. The number of hydrogen-bond donors (Lipinski definition) is 3. The lowest BCUT2D eigenvalue weighted by molar-refractivity contribution is -0.909. The predicted molar refractivity (Wildman–Crippen MR) is 96.0 cm³/mol. The van der Waals surface area contributed by atoms with Crippen LogP contribution in [0.15, 0.2) is 18.2 Å². The van der Waals surface area contributed by atoms with E-state index in [1.807, 2.05) is 6.92 Å². The van der Waals surface area contributed by atoms with Crippen LogP contribution in [0.4, 0.5) is 5.69 Å². The van der Waals surface area contributed by atoms with Gasteiger partial charge in [0.1, 0.15) is 19.1 Å². The van der Waals surface area contributed by atoms with Crippen molar-refractivity contribution in [2.24, 2.45) is 0 Å². The van der Waals surface area contributed by atoms with Crippen molar-refractivity contribution in [3.8, 4) is 0 Å². The first-order valence-corrected chi connectivity index (χ1v) is 9.35. The number of quaternary nitrogens is 2. The summed E-state index contributed by atoms with van der Waals surface area (Å²) < 4.78 is 5.32. The van der Waals surface area contributed by atoms with Crippen LogP contribution in [0, 0.1) is 6.92 Å². The minimum atomic E-state index is -1.22. The molecule has 1 aliphatic heterocycles. The highest BCUT2D eigenvalue weighted by Gasteiger charge is 2.19. The topological polar surface area (TPSA) is 99.5 Å². The zero-order valence-electron chi connectivity index (χ0n) is 15.1. The number of carbonyl (C=O) groups is 2. The van der Waals surface area contributed by atoms with Gasteiger partial charge in [-0.15, -0.1) is 0 Å². The molecule has 2 rings (SSSR count). The molecule has 1 aromatic carbocycles. The van der Waals surface area contributed by atoms with Gasteiger partial charge in [0.25, 0.3) is 0 Å². The smallest absolute Gasteiger partial charge is 0.230 e. The average molecular weight is 385 g/mol. The van der Waals surface area contributed by atoms with Gasteiger partial charge in [-0.3, -0.25) is 4.79 Å². The summed E-state index contributed by atoms with van der Waals surface area (Å²) in [6, 6.07) is 4.29. The van der Waals surface area contributed by atoms with Crippen molar-refractivity contribution in [1.29, 1.82) is 0 Å². The molecule has 0 bridgehead atoms. The highest BCUT2D eigenvalue weighted by Crippen LogP contribution is 2.20. The van der Waals surface area contributed by atoms with Crippen LogP contribution in [0.1, 0.15) is 18.4 Å². The number of rotatable bonds is 9. The van der Waals surface area contributed by atoms with E-state index in [4.69, 9.17) is 16.3 Å². The van der Waals surface area contributed by atoms with E-state index in [1.54, 1.807) is 23.5 Å². The van der Waals surface area contributed by atoms with Gasteiger partial charge in [0.2, 0.25) is 5.91 Å². The lowest BCUT2D eigenvalue weighted by Crippen LogP contribution is -3.14. The predicted octanol–water partition coefficient (Wildman–Crippen LogP) is -2.04. The molecular weight excluding hydrogens is 358 g/mol. The summed E-state index contributed by atoms with van der Waals surface area (Å²) in [6.07, 6.45) is 0.743. The zero-order chi connectivity index (χ0) is 18.9. The van der Waals surface area contributed by atoms with Crippen LogP contribution in [0.5, 0.6) is 0 Å². The molecule has 0 saturated carbocycles. The first kappa shape index (κ1) is 20.6. The van der Waals surface area contributed by atoms with Gasteiger partial charge in [0.15, 0.2) is 0 Å². The van der Waals surface area contributed by atoms with Crippen molar-refractivity contribution in [2.75, 3.05) is 44.7 Å². The number of hydrogen-bond acceptors (Lipinski definition) is 4. The Labute approximate surface area is 158 Å². The number of anilines is 1. The summed E-state index contributed by atoms with van der Waals surface area (Å²) >= 11 is 5.93. The summed E-state index contributed by atoms with van der Waals surface area (Å²) in [6.45, 7) is 7.02. The van der Waals surface area contributed by atoms with E-state index in [0.29, 0.717) is 17.3 Å². The fraction of sp³-hybridized carbons (Fsp3) is 0.556. The molecule has 0 aliphatic carbocycles. The van der Waals surface area contributed by atoms with Crippen LogP contribution in [-0.4, -0.2) is 57.3 Å². The first-order valence-electron chi connectivity index (χ1n) is 8.97. The number of ether oxygens (including phenoxy) is 1. The second kappa shape index (κ2) is 10.5. The number of nitrogens with one attached hydrogen (secondary N) is 2. The molecule has 1 aromatic rings. The molecule has 4 N–H and O–H groups in total. The molecule has 0 radical (unpaired) electrons. The maximum absolute atomic E-state index is 12.2. The van der Waals surface area contributed by atoms with Crippen molar-refractivity contribution >= 4 is 29.2 Å². The van der Waals surface area contributed by atoms with Crippen molar-refractivity contribution in [1.82, 2.24) is 0 Å². The lowest BCUT2D eigenvalue weighted by Gasteiger charge is -2.23. The number of morpholine rings is 1. The maximum atomic E-state index is 12.2. The fourth-order valence-electron chi connectivity index (χ4n) is 2.97. The van der Waals surface area contributed by atoms with Crippen LogP contribution in [0.3, 0.4) is 0 Å². The quantitative estimate of drug-likeness (QED) is 0.427. The third kappa shape index (κ3) is 6.92. The summed E-state index contributed by atoms with van der Waals surface area (Å²) in [5.74, 6) is -1.58. The second-order valence-electron chi connectivity index (χ2n) is 6.63.